The van der Waals surface area contributed by atoms with Crippen molar-refractivity contribution < 1.29 is 4.79 Å². The Morgan fingerprint density at radius 2 is 2.36 bits per heavy atom. The minimum atomic E-state index is 0.406. The first-order chi connectivity index (χ1) is 5.29. The molecular weight excluding hydrogens is 136 g/mol. The smallest absolute Gasteiger partial charge is 0.140 e. The molecular formula is C10H15O+. The summed E-state index contributed by atoms with van der Waals surface area (Å²) in [7, 11) is 0. The summed E-state index contributed by atoms with van der Waals surface area (Å²) >= 11 is 0. The predicted molar refractivity (Wildman–Crippen MR) is 43.9 cm³/mol. The highest BCUT2D eigenvalue weighted by Gasteiger charge is 2.46. The lowest BCUT2D eigenvalue weighted by Crippen LogP contribution is -2.27. The van der Waals surface area contributed by atoms with Crippen LogP contribution in [0.15, 0.2) is 0 Å². The number of ketones is 1. The molecule has 2 aliphatic carbocycles. The van der Waals surface area contributed by atoms with Crippen molar-refractivity contribution in [3.8, 4) is 0 Å². The second kappa shape index (κ2) is 2.54. The topological polar surface area (TPSA) is 17.1 Å². The van der Waals surface area contributed by atoms with Gasteiger partial charge in [0.15, 0.2) is 0 Å². The van der Waals surface area contributed by atoms with Gasteiger partial charge in [-0.15, -0.1) is 0 Å². The molecule has 0 aromatic rings. The fraction of sp³-hybridized carbons (Fsp3) is 0.800. The van der Waals surface area contributed by atoms with Crippen molar-refractivity contribution in [3.63, 3.8) is 0 Å². The summed E-state index contributed by atoms with van der Waals surface area (Å²) in [5, 5.41) is 0. The zero-order valence-corrected chi connectivity index (χ0v) is 7.05. The van der Waals surface area contributed by atoms with Crippen LogP contribution in [0.5, 0.6) is 0 Å². The van der Waals surface area contributed by atoms with Crippen LogP contribution in [-0.2, 0) is 4.79 Å². The lowest BCUT2D eigenvalue weighted by molar-refractivity contribution is -0.126. The molecule has 0 aliphatic heterocycles. The Hall–Kier alpha value is -0.460. The second-order valence-corrected chi connectivity index (χ2v) is 3.97. The van der Waals surface area contributed by atoms with Crippen molar-refractivity contribution in [1.29, 1.82) is 0 Å². The van der Waals surface area contributed by atoms with E-state index in [4.69, 9.17) is 0 Å². The molecule has 0 bridgehead atoms. The minimum absolute atomic E-state index is 0.406. The second-order valence-electron chi connectivity index (χ2n) is 3.97. The molecule has 0 spiro atoms. The first kappa shape index (κ1) is 7.20. The molecule has 0 radical (unpaired) electrons. The van der Waals surface area contributed by atoms with E-state index in [1.54, 1.807) is 0 Å². The Morgan fingerprint density at radius 1 is 1.55 bits per heavy atom. The van der Waals surface area contributed by atoms with Crippen molar-refractivity contribution in [1.82, 2.24) is 0 Å². The van der Waals surface area contributed by atoms with E-state index >= 15 is 0 Å². The summed E-state index contributed by atoms with van der Waals surface area (Å²) in [6.45, 7) is 2.19. The van der Waals surface area contributed by atoms with Crippen LogP contribution in [0.25, 0.3) is 0 Å². The van der Waals surface area contributed by atoms with E-state index in [-0.39, 0.29) is 0 Å². The number of rotatable bonds is 0. The summed E-state index contributed by atoms with van der Waals surface area (Å²) in [4.78, 5) is 11.5. The molecule has 2 rings (SSSR count). The monoisotopic (exact) mass is 151 g/mol. The number of fused-ring (bicyclic) bond motifs is 1. The average Bonchev–Trinajstić information content (AvgIpc) is 2.34. The zero-order valence-electron chi connectivity index (χ0n) is 7.05. The Balaban J connectivity index is 2.14. The molecule has 0 amide bonds. The SMILES string of the molecule is C[C@@H]1[CH+]C[C@@H]2CCCC(=O)[C@@H]21. The number of Topliss-reactive ketones (excluding diaryl/α,β-unsaturated/α-hetero) is 1. The molecule has 1 heteroatoms. The minimum Gasteiger partial charge on any atom is -0.299 e. The van der Waals surface area contributed by atoms with E-state index in [2.05, 4.69) is 13.3 Å². The first-order valence-electron chi connectivity index (χ1n) is 4.65. The van der Waals surface area contributed by atoms with Crippen molar-refractivity contribution in [2.45, 2.75) is 32.6 Å². The van der Waals surface area contributed by atoms with Crippen LogP contribution in [0.4, 0.5) is 0 Å². The maximum absolute atomic E-state index is 11.5. The quantitative estimate of drug-likeness (QED) is 0.485. The van der Waals surface area contributed by atoms with E-state index in [0.29, 0.717) is 23.5 Å². The van der Waals surface area contributed by atoms with E-state index in [1.165, 1.54) is 12.8 Å². The lowest BCUT2D eigenvalue weighted by Gasteiger charge is -2.22. The van der Waals surface area contributed by atoms with Crippen LogP contribution in [-0.4, -0.2) is 5.78 Å². The van der Waals surface area contributed by atoms with Gasteiger partial charge in [-0.2, -0.15) is 0 Å². The van der Waals surface area contributed by atoms with Crippen LogP contribution in [0.1, 0.15) is 32.6 Å². The van der Waals surface area contributed by atoms with Gasteiger partial charge in [0, 0.05) is 12.3 Å². The molecule has 0 aromatic heterocycles. The predicted octanol–water partition coefficient (Wildman–Crippen LogP) is 2.22. The van der Waals surface area contributed by atoms with Crippen molar-refractivity contribution in [3.05, 3.63) is 6.42 Å². The maximum Gasteiger partial charge on any atom is 0.140 e. The molecule has 11 heavy (non-hydrogen) atoms. The fourth-order valence-electron chi connectivity index (χ4n) is 2.67. The molecule has 0 heterocycles. The maximum atomic E-state index is 11.5. The standard InChI is InChI=1S/C10H15O/c1-7-5-6-8-3-2-4-9(11)10(7)8/h5,7-8,10H,2-4,6H2,1H3/q+1/t7-,8+,10-/m1/s1. The van der Waals surface area contributed by atoms with E-state index in [9.17, 15) is 4.79 Å². The van der Waals surface area contributed by atoms with Gasteiger partial charge in [0.1, 0.15) is 11.7 Å². The number of carbonyl (C=O) groups is 1. The highest BCUT2D eigenvalue weighted by atomic mass is 16.1. The molecule has 0 aromatic carbocycles. The number of hydrogen-bond acceptors (Lipinski definition) is 1. The van der Waals surface area contributed by atoms with Crippen LogP contribution in [0.3, 0.4) is 0 Å². The molecule has 60 valence electrons. The summed E-state index contributed by atoms with van der Waals surface area (Å²) in [6.07, 6.45) is 6.80. The van der Waals surface area contributed by atoms with Crippen LogP contribution < -0.4 is 0 Å². The highest BCUT2D eigenvalue weighted by Crippen LogP contribution is 2.43. The Labute approximate surface area is 68.2 Å². The van der Waals surface area contributed by atoms with Crippen molar-refractivity contribution in [2.24, 2.45) is 17.8 Å². The number of hydrogen-bond donors (Lipinski definition) is 0. The molecule has 2 fully saturated rings. The Bertz CT molecular complexity index is 172. The lowest BCUT2D eigenvalue weighted by atomic mass is 9.78. The van der Waals surface area contributed by atoms with Gasteiger partial charge in [0.05, 0.1) is 18.8 Å². The number of carbonyl (C=O) groups excluding carboxylic acids is 1. The molecule has 2 aliphatic rings. The van der Waals surface area contributed by atoms with Gasteiger partial charge < -0.3 is 0 Å². The average molecular weight is 151 g/mol. The zero-order chi connectivity index (χ0) is 7.84. The van der Waals surface area contributed by atoms with Gasteiger partial charge >= 0.3 is 0 Å². The van der Waals surface area contributed by atoms with Gasteiger partial charge in [0.25, 0.3) is 0 Å². The van der Waals surface area contributed by atoms with Gasteiger partial charge in [-0.05, 0) is 19.8 Å². The summed E-state index contributed by atoms with van der Waals surface area (Å²) < 4.78 is 0. The van der Waals surface area contributed by atoms with E-state index < -0.39 is 0 Å². The molecule has 3 atom stereocenters. The third-order valence-electron chi connectivity index (χ3n) is 3.25. The first-order valence-corrected chi connectivity index (χ1v) is 4.65. The summed E-state index contributed by atoms with van der Waals surface area (Å²) in [5.41, 5.74) is 0. The Morgan fingerprint density at radius 3 is 3.09 bits per heavy atom. The molecule has 2 saturated carbocycles. The molecule has 0 N–H and O–H groups in total. The third-order valence-corrected chi connectivity index (χ3v) is 3.25. The van der Waals surface area contributed by atoms with Gasteiger partial charge in [-0.25, -0.2) is 0 Å². The highest BCUT2D eigenvalue weighted by molar-refractivity contribution is 5.82. The van der Waals surface area contributed by atoms with Gasteiger partial charge in [-0.3, -0.25) is 4.79 Å². The molecule has 0 saturated heterocycles. The van der Waals surface area contributed by atoms with Gasteiger partial charge in [0.2, 0.25) is 0 Å². The third kappa shape index (κ3) is 1.07. The molecule has 1 nitrogen and oxygen atoms in total. The fourth-order valence-corrected chi connectivity index (χ4v) is 2.67. The van der Waals surface area contributed by atoms with Crippen LogP contribution in [0.2, 0.25) is 0 Å². The van der Waals surface area contributed by atoms with Crippen molar-refractivity contribution in [2.75, 3.05) is 0 Å². The van der Waals surface area contributed by atoms with Crippen LogP contribution in [0, 0.1) is 24.2 Å². The van der Waals surface area contributed by atoms with E-state index in [0.717, 1.165) is 12.8 Å². The van der Waals surface area contributed by atoms with Crippen molar-refractivity contribution >= 4 is 5.78 Å². The summed E-state index contributed by atoms with van der Waals surface area (Å²) in [5.74, 6) is 2.21. The van der Waals surface area contributed by atoms with Gasteiger partial charge in [-0.1, -0.05) is 0 Å². The normalized spacial score (nSPS) is 43.4. The summed E-state index contributed by atoms with van der Waals surface area (Å²) in [6, 6.07) is 0. The van der Waals surface area contributed by atoms with Crippen LogP contribution >= 0.6 is 0 Å². The molecule has 0 unspecified atom stereocenters. The van der Waals surface area contributed by atoms with E-state index in [1.807, 2.05) is 0 Å². The Kier molecular flexibility index (Phi) is 1.67. The largest absolute Gasteiger partial charge is 0.299 e.